The van der Waals surface area contributed by atoms with Crippen LogP contribution in [0.15, 0.2) is 40.9 Å². The Bertz CT molecular complexity index is 898. The predicted octanol–water partition coefficient (Wildman–Crippen LogP) is 4.56. The van der Waals surface area contributed by atoms with Crippen LogP contribution in [0.25, 0.3) is 6.08 Å². The number of rotatable bonds is 6. The topological polar surface area (TPSA) is 73.9 Å². The van der Waals surface area contributed by atoms with Crippen LogP contribution in [0.1, 0.15) is 15.9 Å². The fraction of sp³-hybridized carbons (Fsp3) is 0.158. The molecule has 0 heterocycles. The van der Waals surface area contributed by atoms with Crippen LogP contribution < -0.4 is 14.8 Å². The Morgan fingerprint density at radius 3 is 2.37 bits per heavy atom. The van der Waals surface area contributed by atoms with Gasteiger partial charge in [-0.1, -0.05) is 17.7 Å². The van der Waals surface area contributed by atoms with Crippen LogP contribution in [0.3, 0.4) is 0 Å². The molecule has 1 amide bonds. The highest BCUT2D eigenvalue weighted by Gasteiger charge is 2.17. The molecule has 0 aliphatic rings. The smallest absolute Gasteiger partial charge is 0.341 e. The summed E-state index contributed by atoms with van der Waals surface area (Å²) < 4.78 is 15.8. The van der Waals surface area contributed by atoms with Gasteiger partial charge in [-0.2, -0.15) is 0 Å². The van der Waals surface area contributed by atoms with Gasteiger partial charge in [0.2, 0.25) is 5.91 Å². The molecule has 0 bridgehead atoms. The van der Waals surface area contributed by atoms with Crippen molar-refractivity contribution in [2.75, 3.05) is 26.6 Å². The van der Waals surface area contributed by atoms with Gasteiger partial charge in [-0.05, 0) is 45.8 Å². The van der Waals surface area contributed by atoms with E-state index in [9.17, 15) is 9.59 Å². The molecule has 0 radical (unpaired) electrons. The summed E-state index contributed by atoms with van der Waals surface area (Å²) in [5.74, 6) is -0.0425. The molecule has 6 nitrogen and oxygen atoms in total. The maximum atomic E-state index is 12.2. The fourth-order valence-corrected chi connectivity index (χ4v) is 2.99. The van der Waals surface area contributed by atoms with Gasteiger partial charge >= 0.3 is 5.97 Å². The molecular weight excluding hydrogens is 438 g/mol. The van der Waals surface area contributed by atoms with E-state index in [0.717, 1.165) is 10.0 Å². The van der Waals surface area contributed by atoms with Crippen molar-refractivity contribution in [2.24, 2.45) is 0 Å². The standard InChI is InChI=1S/C19H17BrClNO5/c1-25-16-6-4-11(8-13(16)20)5-7-18(23)22-15-10-17(26-2)12(9-14(15)21)19(24)27-3/h4-10H,1-3H3,(H,22,23). The second kappa shape index (κ2) is 9.43. The third-order valence-electron chi connectivity index (χ3n) is 3.56. The third-order valence-corrected chi connectivity index (χ3v) is 4.49. The molecule has 0 unspecified atom stereocenters. The largest absolute Gasteiger partial charge is 0.496 e. The van der Waals surface area contributed by atoms with Crippen molar-refractivity contribution in [1.29, 1.82) is 0 Å². The van der Waals surface area contributed by atoms with Crippen molar-refractivity contribution in [3.05, 3.63) is 57.0 Å². The number of carbonyl (C=O) groups is 2. The number of nitrogens with one attached hydrogen (secondary N) is 1. The van der Waals surface area contributed by atoms with Crippen LogP contribution in [-0.2, 0) is 9.53 Å². The average molecular weight is 455 g/mol. The molecule has 2 rings (SSSR count). The quantitative estimate of drug-likeness (QED) is 0.512. The SMILES string of the molecule is COC(=O)c1cc(Cl)c(NC(=O)C=Cc2ccc(OC)c(Br)c2)cc1OC. The molecule has 0 saturated heterocycles. The average Bonchev–Trinajstić information content (AvgIpc) is 2.67. The Kier molecular flexibility index (Phi) is 7.27. The zero-order valence-electron chi connectivity index (χ0n) is 14.8. The summed E-state index contributed by atoms with van der Waals surface area (Å²) >= 11 is 9.54. The Morgan fingerprint density at radius 2 is 1.78 bits per heavy atom. The lowest BCUT2D eigenvalue weighted by Gasteiger charge is -2.11. The van der Waals surface area contributed by atoms with E-state index < -0.39 is 11.9 Å². The van der Waals surface area contributed by atoms with Gasteiger partial charge in [0.05, 0.1) is 36.5 Å². The zero-order chi connectivity index (χ0) is 20.0. The van der Waals surface area contributed by atoms with E-state index in [1.54, 1.807) is 19.3 Å². The van der Waals surface area contributed by atoms with Crippen LogP contribution in [0.2, 0.25) is 5.02 Å². The molecule has 0 fully saturated rings. The van der Waals surface area contributed by atoms with E-state index >= 15 is 0 Å². The predicted molar refractivity (Wildman–Crippen MR) is 108 cm³/mol. The van der Waals surface area contributed by atoms with E-state index in [-0.39, 0.29) is 16.3 Å². The third kappa shape index (κ3) is 5.24. The minimum atomic E-state index is -0.586. The van der Waals surface area contributed by atoms with Gasteiger partial charge in [-0.25, -0.2) is 4.79 Å². The molecule has 0 saturated carbocycles. The van der Waals surface area contributed by atoms with Gasteiger partial charge in [0, 0.05) is 12.1 Å². The summed E-state index contributed by atoms with van der Waals surface area (Å²) in [5, 5.41) is 2.84. The normalized spacial score (nSPS) is 10.6. The van der Waals surface area contributed by atoms with Gasteiger partial charge in [-0.15, -0.1) is 0 Å². The lowest BCUT2D eigenvalue weighted by Crippen LogP contribution is -2.10. The van der Waals surface area contributed by atoms with Gasteiger partial charge < -0.3 is 19.5 Å². The zero-order valence-corrected chi connectivity index (χ0v) is 17.2. The van der Waals surface area contributed by atoms with E-state index in [1.807, 2.05) is 12.1 Å². The van der Waals surface area contributed by atoms with E-state index in [4.69, 9.17) is 21.1 Å². The Balaban J connectivity index is 2.17. The molecule has 2 aromatic carbocycles. The van der Waals surface area contributed by atoms with Gasteiger partial charge in [0.15, 0.2) is 0 Å². The molecule has 142 valence electrons. The van der Waals surface area contributed by atoms with Crippen LogP contribution >= 0.6 is 27.5 Å². The van der Waals surface area contributed by atoms with Crippen molar-refractivity contribution in [3.63, 3.8) is 0 Å². The lowest BCUT2D eigenvalue weighted by molar-refractivity contribution is -0.111. The number of anilines is 1. The van der Waals surface area contributed by atoms with Gasteiger partial charge in [-0.3, -0.25) is 4.79 Å². The maximum absolute atomic E-state index is 12.2. The molecule has 0 spiro atoms. The number of ether oxygens (including phenoxy) is 3. The Morgan fingerprint density at radius 1 is 1.07 bits per heavy atom. The van der Waals surface area contributed by atoms with Crippen molar-refractivity contribution >= 4 is 51.2 Å². The highest BCUT2D eigenvalue weighted by Crippen LogP contribution is 2.31. The first-order chi connectivity index (χ1) is 12.9. The first-order valence-electron chi connectivity index (χ1n) is 7.68. The van der Waals surface area contributed by atoms with Crippen molar-refractivity contribution in [2.45, 2.75) is 0 Å². The first-order valence-corrected chi connectivity index (χ1v) is 8.85. The fourth-order valence-electron chi connectivity index (χ4n) is 2.22. The maximum Gasteiger partial charge on any atom is 0.341 e. The Labute approximate surface area is 170 Å². The summed E-state index contributed by atoms with van der Waals surface area (Å²) in [7, 11) is 4.24. The number of esters is 1. The minimum absolute atomic E-state index is 0.168. The van der Waals surface area contributed by atoms with E-state index in [0.29, 0.717) is 11.4 Å². The number of halogens is 2. The van der Waals surface area contributed by atoms with Crippen molar-refractivity contribution in [3.8, 4) is 11.5 Å². The molecule has 27 heavy (non-hydrogen) atoms. The molecule has 0 aromatic heterocycles. The van der Waals surface area contributed by atoms with Crippen LogP contribution in [0.4, 0.5) is 5.69 Å². The van der Waals surface area contributed by atoms with Gasteiger partial charge in [0.1, 0.15) is 17.1 Å². The monoisotopic (exact) mass is 453 g/mol. The summed E-state index contributed by atoms with van der Waals surface area (Å²) in [5.41, 5.74) is 1.29. The summed E-state index contributed by atoms with van der Waals surface area (Å²) in [6, 6.07) is 8.27. The summed E-state index contributed by atoms with van der Waals surface area (Å²) in [4.78, 5) is 23.9. The van der Waals surface area contributed by atoms with Crippen molar-refractivity contribution in [1.82, 2.24) is 0 Å². The molecule has 0 aliphatic carbocycles. The highest BCUT2D eigenvalue weighted by molar-refractivity contribution is 9.10. The summed E-state index contributed by atoms with van der Waals surface area (Å²) in [6.45, 7) is 0. The Hall–Kier alpha value is -2.51. The van der Waals surface area contributed by atoms with Gasteiger partial charge in [0.25, 0.3) is 0 Å². The number of carbonyl (C=O) groups excluding carboxylic acids is 2. The number of methoxy groups -OCH3 is 3. The lowest BCUT2D eigenvalue weighted by atomic mass is 10.1. The molecule has 0 atom stereocenters. The summed E-state index contributed by atoms with van der Waals surface area (Å²) in [6.07, 6.45) is 3.01. The van der Waals surface area contributed by atoms with Crippen LogP contribution in [-0.4, -0.2) is 33.2 Å². The second-order valence-electron chi connectivity index (χ2n) is 5.24. The van der Waals surface area contributed by atoms with Crippen LogP contribution in [0, 0.1) is 0 Å². The number of hydrogen-bond acceptors (Lipinski definition) is 5. The minimum Gasteiger partial charge on any atom is -0.496 e. The molecule has 0 aliphatic heterocycles. The number of amides is 1. The van der Waals surface area contributed by atoms with E-state index in [2.05, 4.69) is 26.0 Å². The first kappa shape index (κ1) is 20.8. The number of hydrogen-bond donors (Lipinski definition) is 1. The van der Waals surface area contributed by atoms with Crippen LogP contribution in [0.5, 0.6) is 11.5 Å². The number of benzene rings is 2. The van der Waals surface area contributed by atoms with E-state index in [1.165, 1.54) is 32.4 Å². The second-order valence-corrected chi connectivity index (χ2v) is 6.50. The molecular formula is C19H17BrClNO5. The van der Waals surface area contributed by atoms with Crippen molar-refractivity contribution < 1.29 is 23.8 Å². The molecule has 8 heteroatoms. The molecule has 2 aromatic rings. The highest BCUT2D eigenvalue weighted by atomic mass is 79.9. The molecule has 1 N–H and O–H groups in total.